The van der Waals surface area contributed by atoms with E-state index in [0.29, 0.717) is 6.04 Å². The van der Waals surface area contributed by atoms with Gasteiger partial charge in [-0.3, -0.25) is 4.90 Å². The second-order valence-electron chi connectivity index (χ2n) is 5.43. The van der Waals surface area contributed by atoms with Gasteiger partial charge in [0.05, 0.1) is 6.04 Å². The highest BCUT2D eigenvalue weighted by atomic mass is 32.1. The number of nitrogens with zero attached hydrogens (tertiary/aromatic N) is 1. The number of rotatable bonds is 3. The van der Waals surface area contributed by atoms with Crippen LogP contribution in [0.3, 0.4) is 0 Å². The van der Waals surface area contributed by atoms with Crippen molar-refractivity contribution < 1.29 is 0 Å². The summed E-state index contributed by atoms with van der Waals surface area (Å²) in [7, 11) is 0. The van der Waals surface area contributed by atoms with Crippen LogP contribution >= 0.6 is 11.3 Å². The molecule has 96 valence electrons. The third-order valence-electron chi connectivity index (χ3n) is 3.83. The largest absolute Gasteiger partial charge is 0.326 e. The molecule has 1 aliphatic heterocycles. The van der Waals surface area contributed by atoms with E-state index >= 15 is 0 Å². The first-order chi connectivity index (χ1) is 8.18. The molecular weight excluding hydrogens is 228 g/mol. The second kappa shape index (κ2) is 5.98. The van der Waals surface area contributed by atoms with Crippen LogP contribution in [-0.2, 0) is 0 Å². The van der Waals surface area contributed by atoms with Gasteiger partial charge in [-0.2, -0.15) is 11.3 Å². The average Bonchev–Trinajstić information content (AvgIpc) is 2.70. The molecule has 1 aromatic rings. The minimum Gasteiger partial charge on any atom is -0.326 e. The fraction of sp³-hybridized carbons (Fsp3) is 0.714. The van der Waals surface area contributed by atoms with E-state index in [1.165, 1.54) is 37.9 Å². The molecule has 3 unspecified atom stereocenters. The smallest absolute Gasteiger partial charge is 0.0504 e. The molecule has 3 atom stereocenters. The van der Waals surface area contributed by atoms with E-state index in [1.54, 1.807) is 11.3 Å². The standard InChI is InChI=1S/C14H24N2S/c1-11-4-3-7-16(8-5-11)14(12(2)15)13-6-9-17-10-13/h6,9-12,14H,3-5,7-8,15H2,1-2H3. The number of hydrogen-bond acceptors (Lipinski definition) is 3. The molecule has 1 saturated heterocycles. The SMILES string of the molecule is CC1CCCN(C(c2ccsc2)C(C)N)CC1. The van der Waals surface area contributed by atoms with E-state index in [-0.39, 0.29) is 6.04 Å². The summed E-state index contributed by atoms with van der Waals surface area (Å²) in [6.07, 6.45) is 3.99. The lowest BCUT2D eigenvalue weighted by molar-refractivity contribution is 0.182. The maximum atomic E-state index is 6.21. The summed E-state index contributed by atoms with van der Waals surface area (Å²) in [5.41, 5.74) is 7.61. The van der Waals surface area contributed by atoms with Crippen molar-refractivity contribution >= 4 is 11.3 Å². The van der Waals surface area contributed by atoms with E-state index in [4.69, 9.17) is 5.73 Å². The fourth-order valence-corrected chi connectivity index (χ4v) is 3.54. The Morgan fingerprint density at radius 3 is 2.88 bits per heavy atom. The first-order valence-electron chi connectivity index (χ1n) is 6.70. The van der Waals surface area contributed by atoms with Gasteiger partial charge in [-0.15, -0.1) is 0 Å². The van der Waals surface area contributed by atoms with Crippen LogP contribution < -0.4 is 5.73 Å². The molecule has 17 heavy (non-hydrogen) atoms. The van der Waals surface area contributed by atoms with Crippen LogP contribution in [0.1, 0.15) is 44.7 Å². The highest BCUT2D eigenvalue weighted by molar-refractivity contribution is 7.07. The molecule has 0 saturated carbocycles. The van der Waals surface area contributed by atoms with Crippen LogP contribution in [-0.4, -0.2) is 24.0 Å². The van der Waals surface area contributed by atoms with Crippen molar-refractivity contribution in [2.24, 2.45) is 11.7 Å². The Bertz CT molecular complexity index is 321. The summed E-state index contributed by atoms with van der Waals surface area (Å²) in [5.74, 6) is 0.871. The molecule has 1 aliphatic rings. The topological polar surface area (TPSA) is 29.3 Å². The lowest BCUT2D eigenvalue weighted by Crippen LogP contribution is -2.40. The fourth-order valence-electron chi connectivity index (χ4n) is 2.85. The molecule has 2 N–H and O–H groups in total. The molecule has 0 spiro atoms. The number of likely N-dealkylation sites (tertiary alicyclic amines) is 1. The van der Waals surface area contributed by atoms with Gasteiger partial charge in [0, 0.05) is 6.04 Å². The molecule has 0 amide bonds. The van der Waals surface area contributed by atoms with E-state index in [9.17, 15) is 0 Å². The van der Waals surface area contributed by atoms with Gasteiger partial charge >= 0.3 is 0 Å². The zero-order valence-electron chi connectivity index (χ0n) is 10.9. The van der Waals surface area contributed by atoms with Gasteiger partial charge in [0.25, 0.3) is 0 Å². The molecule has 0 aromatic carbocycles. The zero-order valence-corrected chi connectivity index (χ0v) is 11.7. The highest BCUT2D eigenvalue weighted by Gasteiger charge is 2.26. The minimum atomic E-state index is 0.206. The van der Waals surface area contributed by atoms with Crippen LogP contribution in [0.5, 0.6) is 0 Å². The first kappa shape index (κ1) is 13.1. The Hall–Kier alpha value is -0.380. The van der Waals surface area contributed by atoms with Crippen LogP contribution in [0.15, 0.2) is 16.8 Å². The molecule has 0 aliphatic carbocycles. The second-order valence-corrected chi connectivity index (χ2v) is 6.21. The Balaban J connectivity index is 2.10. The molecule has 3 heteroatoms. The predicted molar refractivity (Wildman–Crippen MR) is 75.3 cm³/mol. The summed E-state index contributed by atoms with van der Waals surface area (Å²) in [5, 5.41) is 4.41. The molecule has 0 bridgehead atoms. The van der Waals surface area contributed by atoms with Gasteiger partial charge in [0.15, 0.2) is 0 Å². The Labute approximate surface area is 109 Å². The molecule has 1 aromatic heterocycles. The maximum Gasteiger partial charge on any atom is 0.0504 e. The maximum absolute atomic E-state index is 6.21. The van der Waals surface area contributed by atoms with Crippen molar-refractivity contribution in [1.29, 1.82) is 0 Å². The van der Waals surface area contributed by atoms with E-state index in [2.05, 4.69) is 35.6 Å². The van der Waals surface area contributed by atoms with Gasteiger partial charge in [0.2, 0.25) is 0 Å². The van der Waals surface area contributed by atoms with Crippen molar-refractivity contribution in [3.8, 4) is 0 Å². The van der Waals surface area contributed by atoms with Gasteiger partial charge in [0.1, 0.15) is 0 Å². The average molecular weight is 252 g/mol. The third-order valence-corrected chi connectivity index (χ3v) is 4.53. The van der Waals surface area contributed by atoms with Crippen molar-refractivity contribution in [1.82, 2.24) is 4.90 Å². The number of thiophene rings is 1. The van der Waals surface area contributed by atoms with Crippen LogP contribution in [0, 0.1) is 5.92 Å². The van der Waals surface area contributed by atoms with Crippen molar-refractivity contribution in [2.75, 3.05) is 13.1 Å². The van der Waals surface area contributed by atoms with Gasteiger partial charge in [-0.05, 0) is 67.6 Å². The summed E-state index contributed by atoms with van der Waals surface area (Å²) in [6, 6.07) is 2.84. The third kappa shape index (κ3) is 3.30. The monoisotopic (exact) mass is 252 g/mol. The summed E-state index contributed by atoms with van der Waals surface area (Å²) in [6.45, 7) is 6.90. The van der Waals surface area contributed by atoms with Crippen molar-refractivity contribution in [3.05, 3.63) is 22.4 Å². The molecule has 1 fully saturated rings. The Kier molecular flexibility index (Phi) is 4.60. The van der Waals surface area contributed by atoms with Crippen LogP contribution in [0.25, 0.3) is 0 Å². The molecule has 2 rings (SSSR count). The normalized spacial score (nSPS) is 26.4. The Morgan fingerprint density at radius 2 is 2.24 bits per heavy atom. The first-order valence-corrected chi connectivity index (χ1v) is 7.64. The summed E-state index contributed by atoms with van der Waals surface area (Å²) in [4.78, 5) is 2.59. The minimum absolute atomic E-state index is 0.206. The molecular formula is C14H24N2S. The molecule has 2 heterocycles. The Morgan fingerprint density at radius 1 is 1.41 bits per heavy atom. The highest BCUT2D eigenvalue weighted by Crippen LogP contribution is 2.29. The van der Waals surface area contributed by atoms with Gasteiger partial charge in [-0.1, -0.05) is 6.92 Å². The van der Waals surface area contributed by atoms with Crippen LogP contribution in [0.4, 0.5) is 0 Å². The number of nitrogens with two attached hydrogens (primary N) is 1. The van der Waals surface area contributed by atoms with Crippen molar-refractivity contribution in [3.63, 3.8) is 0 Å². The summed E-state index contributed by atoms with van der Waals surface area (Å²) >= 11 is 1.77. The van der Waals surface area contributed by atoms with Crippen LogP contribution in [0.2, 0.25) is 0 Å². The summed E-state index contributed by atoms with van der Waals surface area (Å²) < 4.78 is 0. The number of hydrogen-bond donors (Lipinski definition) is 1. The molecule has 2 nitrogen and oxygen atoms in total. The van der Waals surface area contributed by atoms with Gasteiger partial charge < -0.3 is 5.73 Å². The predicted octanol–water partition coefficient (Wildman–Crippen LogP) is 3.26. The lowest BCUT2D eigenvalue weighted by Gasteiger charge is -2.33. The van der Waals surface area contributed by atoms with E-state index in [1.807, 2.05) is 0 Å². The molecule has 0 radical (unpaired) electrons. The van der Waals surface area contributed by atoms with Gasteiger partial charge in [-0.25, -0.2) is 0 Å². The zero-order chi connectivity index (χ0) is 12.3. The van der Waals surface area contributed by atoms with E-state index in [0.717, 1.165) is 5.92 Å². The van der Waals surface area contributed by atoms with Crippen molar-refractivity contribution in [2.45, 2.75) is 45.2 Å². The quantitative estimate of drug-likeness (QED) is 0.894. The lowest BCUT2D eigenvalue weighted by atomic mass is 10.0. The van der Waals surface area contributed by atoms with E-state index < -0.39 is 0 Å².